The standard InChI is InChI=1S/C17H18F2N4O/c1-22-4-6-23(7-5-22)14-8-12(10-20-11-14)17(24)21-13-2-3-15(18)16(19)9-13/h2-3,8-11H,4-7H2,1H3,(H,21,24). The second-order valence-corrected chi connectivity index (χ2v) is 5.81. The van der Waals surface area contributed by atoms with Gasteiger partial charge in [0.1, 0.15) is 0 Å². The van der Waals surface area contributed by atoms with E-state index < -0.39 is 17.5 Å². The normalized spacial score (nSPS) is 15.4. The van der Waals surface area contributed by atoms with Crippen molar-refractivity contribution in [1.82, 2.24) is 9.88 Å². The molecule has 3 rings (SSSR count). The van der Waals surface area contributed by atoms with Crippen molar-refractivity contribution in [3.8, 4) is 0 Å². The van der Waals surface area contributed by atoms with Crippen molar-refractivity contribution >= 4 is 17.3 Å². The number of benzene rings is 1. The van der Waals surface area contributed by atoms with Crippen molar-refractivity contribution in [2.45, 2.75) is 0 Å². The minimum absolute atomic E-state index is 0.198. The SMILES string of the molecule is CN1CCN(c2cncc(C(=O)Nc3ccc(F)c(F)c3)c2)CC1. The summed E-state index contributed by atoms with van der Waals surface area (Å²) in [5.74, 6) is -2.37. The number of anilines is 2. The molecule has 2 heterocycles. The summed E-state index contributed by atoms with van der Waals surface area (Å²) in [6, 6.07) is 5.00. The number of amides is 1. The molecule has 0 aliphatic carbocycles. The molecule has 0 saturated carbocycles. The van der Waals surface area contributed by atoms with Gasteiger partial charge in [-0.25, -0.2) is 8.78 Å². The summed E-state index contributed by atoms with van der Waals surface area (Å²) in [6.45, 7) is 3.63. The van der Waals surface area contributed by atoms with Crippen LogP contribution in [0.3, 0.4) is 0 Å². The number of pyridine rings is 1. The summed E-state index contributed by atoms with van der Waals surface area (Å²) in [7, 11) is 2.07. The third-order valence-corrected chi connectivity index (χ3v) is 4.03. The molecule has 0 radical (unpaired) electrons. The van der Waals surface area contributed by atoms with Crippen LogP contribution < -0.4 is 10.2 Å². The number of carbonyl (C=O) groups excluding carboxylic acids is 1. The van der Waals surface area contributed by atoms with Gasteiger partial charge in [-0.15, -0.1) is 0 Å². The van der Waals surface area contributed by atoms with E-state index in [1.54, 1.807) is 12.3 Å². The van der Waals surface area contributed by atoms with Crippen molar-refractivity contribution in [1.29, 1.82) is 0 Å². The largest absolute Gasteiger partial charge is 0.368 e. The van der Waals surface area contributed by atoms with Crippen molar-refractivity contribution in [3.63, 3.8) is 0 Å². The molecule has 1 aliphatic rings. The van der Waals surface area contributed by atoms with Crippen molar-refractivity contribution in [3.05, 3.63) is 53.9 Å². The Bertz CT molecular complexity index is 745. The Kier molecular flexibility index (Phi) is 4.71. The zero-order valence-corrected chi connectivity index (χ0v) is 13.3. The van der Waals surface area contributed by atoms with Gasteiger partial charge in [0.25, 0.3) is 5.91 Å². The van der Waals surface area contributed by atoms with Crippen LogP contribution in [0.2, 0.25) is 0 Å². The van der Waals surface area contributed by atoms with Crippen LogP contribution in [-0.2, 0) is 0 Å². The number of rotatable bonds is 3. The van der Waals surface area contributed by atoms with Gasteiger partial charge in [0.2, 0.25) is 0 Å². The zero-order valence-electron chi connectivity index (χ0n) is 13.3. The molecule has 2 aromatic rings. The number of hydrogen-bond donors (Lipinski definition) is 1. The highest BCUT2D eigenvalue weighted by molar-refractivity contribution is 6.04. The van der Waals surface area contributed by atoms with E-state index in [9.17, 15) is 13.6 Å². The average Bonchev–Trinajstić information content (AvgIpc) is 2.59. The molecule has 1 saturated heterocycles. The lowest BCUT2D eigenvalue weighted by atomic mass is 10.2. The summed E-state index contributed by atoms with van der Waals surface area (Å²) in [6.07, 6.45) is 3.18. The fourth-order valence-corrected chi connectivity index (χ4v) is 2.57. The number of nitrogens with one attached hydrogen (secondary N) is 1. The molecule has 0 unspecified atom stereocenters. The van der Waals surface area contributed by atoms with Crippen molar-refractivity contribution in [2.24, 2.45) is 0 Å². The predicted molar refractivity (Wildman–Crippen MR) is 88.3 cm³/mol. The van der Waals surface area contributed by atoms with Gasteiger partial charge in [0.05, 0.1) is 17.4 Å². The van der Waals surface area contributed by atoms with Gasteiger partial charge in [-0.05, 0) is 25.2 Å². The molecule has 0 bridgehead atoms. The van der Waals surface area contributed by atoms with Crippen molar-refractivity contribution in [2.75, 3.05) is 43.4 Å². The fraction of sp³-hybridized carbons (Fsp3) is 0.294. The lowest BCUT2D eigenvalue weighted by molar-refractivity contribution is 0.102. The van der Waals surface area contributed by atoms with Crippen LogP contribution in [0.25, 0.3) is 0 Å². The fourth-order valence-electron chi connectivity index (χ4n) is 2.57. The lowest BCUT2D eigenvalue weighted by Gasteiger charge is -2.33. The molecule has 0 spiro atoms. The van der Waals surface area contributed by atoms with Gasteiger partial charge in [-0.3, -0.25) is 9.78 Å². The van der Waals surface area contributed by atoms with E-state index in [0.29, 0.717) is 5.56 Å². The van der Waals surface area contributed by atoms with Crippen LogP contribution >= 0.6 is 0 Å². The molecule has 0 atom stereocenters. The van der Waals surface area contributed by atoms with Gasteiger partial charge in [-0.1, -0.05) is 0 Å². The number of aromatic nitrogens is 1. The molecule has 7 heteroatoms. The molecule has 1 amide bonds. The first-order valence-electron chi connectivity index (χ1n) is 7.68. The Morgan fingerprint density at radius 3 is 2.54 bits per heavy atom. The number of carbonyl (C=O) groups is 1. The summed E-state index contributed by atoms with van der Waals surface area (Å²) < 4.78 is 26.2. The second kappa shape index (κ2) is 6.92. The second-order valence-electron chi connectivity index (χ2n) is 5.81. The Hall–Kier alpha value is -2.54. The first-order chi connectivity index (χ1) is 11.5. The van der Waals surface area contributed by atoms with Gasteiger partial charge in [0, 0.05) is 44.1 Å². The van der Waals surface area contributed by atoms with E-state index in [-0.39, 0.29) is 5.69 Å². The van der Waals surface area contributed by atoms with E-state index >= 15 is 0 Å². The minimum atomic E-state index is -1.00. The van der Waals surface area contributed by atoms with Gasteiger partial charge in [0.15, 0.2) is 11.6 Å². The quantitative estimate of drug-likeness (QED) is 0.937. The van der Waals surface area contributed by atoms with E-state index in [4.69, 9.17) is 0 Å². The van der Waals surface area contributed by atoms with Crippen molar-refractivity contribution < 1.29 is 13.6 Å². The molecule has 5 nitrogen and oxygen atoms in total. The maximum Gasteiger partial charge on any atom is 0.257 e. The molecule has 1 N–H and O–H groups in total. The number of piperazine rings is 1. The number of hydrogen-bond acceptors (Lipinski definition) is 4. The Balaban J connectivity index is 1.73. The number of halogens is 2. The van der Waals surface area contributed by atoms with E-state index in [2.05, 4.69) is 27.1 Å². The van der Waals surface area contributed by atoms with Gasteiger partial charge >= 0.3 is 0 Å². The highest BCUT2D eigenvalue weighted by Crippen LogP contribution is 2.18. The number of nitrogens with zero attached hydrogens (tertiary/aromatic N) is 3. The molecular formula is C17H18F2N4O. The molecule has 1 fully saturated rings. The summed E-state index contributed by atoms with van der Waals surface area (Å²) >= 11 is 0. The smallest absolute Gasteiger partial charge is 0.257 e. The van der Waals surface area contributed by atoms with Crippen LogP contribution in [0.15, 0.2) is 36.7 Å². The van der Waals surface area contributed by atoms with Gasteiger partial charge < -0.3 is 15.1 Å². The first kappa shape index (κ1) is 16.3. The molecule has 126 valence electrons. The van der Waals surface area contributed by atoms with Crippen LogP contribution in [0.4, 0.5) is 20.2 Å². The number of likely N-dealkylation sites (N-methyl/N-ethyl adjacent to an activating group) is 1. The van der Waals surface area contributed by atoms with E-state index in [0.717, 1.165) is 44.0 Å². The van der Waals surface area contributed by atoms with E-state index in [1.165, 1.54) is 12.3 Å². The zero-order chi connectivity index (χ0) is 17.1. The molecule has 1 aliphatic heterocycles. The Labute approximate surface area is 138 Å². The maximum atomic E-state index is 13.2. The van der Waals surface area contributed by atoms with Crippen LogP contribution in [0.5, 0.6) is 0 Å². The summed E-state index contributed by atoms with van der Waals surface area (Å²) in [5.41, 5.74) is 1.45. The first-order valence-corrected chi connectivity index (χ1v) is 7.68. The van der Waals surface area contributed by atoms with Gasteiger partial charge in [-0.2, -0.15) is 0 Å². The van der Waals surface area contributed by atoms with E-state index in [1.807, 2.05) is 0 Å². The predicted octanol–water partition coefficient (Wildman–Crippen LogP) is 2.36. The highest BCUT2D eigenvalue weighted by Gasteiger charge is 2.16. The molecule has 1 aromatic heterocycles. The summed E-state index contributed by atoms with van der Waals surface area (Å²) in [4.78, 5) is 20.8. The molecule has 1 aromatic carbocycles. The lowest BCUT2D eigenvalue weighted by Crippen LogP contribution is -2.44. The monoisotopic (exact) mass is 332 g/mol. The van der Waals surface area contributed by atoms with Crippen LogP contribution in [-0.4, -0.2) is 49.0 Å². The minimum Gasteiger partial charge on any atom is -0.368 e. The third-order valence-electron chi connectivity index (χ3n) is 4.03. The topological polar surface area (TPSA) is 48.5 Å². The average molecular weight is 332 g/mol. The summed E-state index contributed by atoms with van der Waals surface area (Å²) in [5, 5.41) is 2.55. The highest BCUT2D eigenvalue weighted by atomic mass is 19.2. The molecular weight excluding hydrogens is 314 g/mol. The van der Waals surface area contributed by atoms with Crippen LogP contribution in [0.1, 0.15) is 10.4 Å². The maximum absolute atomic E-state index is 13.2. The molecule has 24 heavy (non-hydrogen) atoms. The van der Waals surface area contributed by atoms with Crippen LogP contribution in [0, 0.1) is 11.6 Å². The Morgan fingerprint density at radius 2 is 1.83 bits per heavy atom. The third kappa shape index (κ3) is 3.68. The Morgan fingerprint density at radius 1 is 1.08 bits per heavy atom.